The van der Waals surface area contributed by atoms with E-state index in [1.165, 1.54) is 7.69 Å². The van der Waals surface area contributed by atoms with Gasteiger partial charge in [0.25, 0.3) is 0 Å². The molecule has 0 atom stereocenters. The molecule has 4 heteroatoms. The van der Waals surface area contributed by atoms with E-state index in [9.17, 15) is 0 Å². The Labute approximate surface area is 72.2 Å². The molecule has 12 heavy (non-hydrogen) atoms. The van der Waals surface area contributed by atoms with Crippen LogP contribution in [0.1, 0.15) is 0 Å². The normalized spacial score (nSPS) is 9.42. The molecule has 1 aromatic carbocycles. The summed E-state index contributed by atoms with van der Waals surface area (Å²) in [4.78, 5) is 0. The molecule has 0 aliphatic rings. The second kappa shape index (κ2) is 5.63. The van der Waals surface area contributed by atoms with Crippen molar-refractivity contribution in [2.24, 2.45) is 0 Å². The van der Waals surface area contributed by atoms with E-state index in [2.05, 4.69) is 0 Å². The maximum Gasteiger partial charge on any atom is 0.572 e. The van der Waals surface area contributed by atoms with E-state index in [1.807, 2.05) is 30.3 Å². The smallest absolute Gasteiger partial charge is 0.537 e. The zero-order chi connectivity index (χ0) is 8.65. The number of aliphatic hydroxyl groups is 1. The Balaban J connectivity index is 2.16. The predicted octanol–water partition coefficient (Wildman–Crippen LogP) is 0.608. The number of hydrogen-bond acceptors (Lipinski definition) is 3. The van der Waals surface area contributed by atoms with Gasteiger partial charge in [-0.1, -0.05) is 18.2 Å². The molecule has 0 saturated heterocycles. The van der Waals surface area contributed by atoms with Gasteiger partial charge in [-0.3, -0.25) is 0 Å². The van der Waals surface area contributed by atoms with Crippen LogP contribution >= 0.6 is 0 Å². The predicted molar refractivity (Wildman–Crippen MR) is 45.9 cm³/mol. The molecule has 63 valence electrons. The molecule has 0 fully saturated rings. The van der Waals surface area contributed by atoms with Crippen LogP contribution < -0.4 is 4.65 Å². The molecule has 0 bridgehead atoms. The average molecular weight is 165 g/mol. The van der Waals surface area contributed by atoms with Crippen molar-refractivity contribution < 1.29 is 14.4 Å². The highest BCUT2D eigenvalue weighted by atomic mass is 16.6. The molecule has 1 radical (unpaired) electrons. The van der Waals surface area contributed by atoms with Crippen molar-refractivity contribution in [3.05, 3.63) is 30.3 Å². The van der Waals surface area contributed by atoms with Crippen molar-refractivity contribution in [1.82, 2.24) is 0 Å². The lowest BCUT2D eigenvalue weighted by Gasteiger charge is -2.02. The highest BCUT2D eigenvalue weighted by Gasteiger charge is 1.95. The molecule has 0 saturated carbocycles. The van der Waals surface area contributed by atoms with Crippen molar-refractivity contribution in [3.63, 3.8) is 0 Å². The van der Waals surface area contributed by atoms with Crippen LogP contribution in [-0.4, -0.2) is 26.0 Å². The number of aliphatic hydroxyl groups excluding tert-OH is 1. The van der Waals surface area contributed by atoms with Crippen molar-refractivity contribution in [2.45, 2.75) is 0 Å². The topological polar surface area (TPSA) is 38.7 Å². The Morgan fingerprint density at radius 1 is 1.25 bits per heavy atom. The molecule has 0 aliphatic carbocycles. The van der Waals surface area contributed by atoms with Gasteiger partial charge in [-0.05, 0) is 12.1 Å². The highest BCUT2D eigenvalue weighted by Crippen LogP contribution is 2.06. The fraction of sp³-hybridized carbons (Fsp3) is 0.250. The van der Waals surface area contributed by atoms with Crippen molar-refractivity contribution in [2.75, 3.05) is 13.2 Å². The van der Waals surface area contributed by atoms with Gasteiger partial charge in [0.2, 0.25) is 0 Å². The molecule has 0 spiro atoms. The average Bonchev–Trinajstić information content (AvgIpc) is 2.14. The Kier molecular flexibility index (Phi) is 4.27. The summed E-state index contributed by atoms with van der Waals surface area (Å²) in [5.41, 5.74) is 0. The van der Waals surface area contributed by atoms with Crippen LogP contribution in [0.3, 0.4) is 0 Å². The maximum atomic E-state index is 8.36. The first-order chi connectivity index (χ1) is 5.93. The molecule has 1 rings (SSSR count). The molecule has 0 amide bonds. The first kappa shape index (κ1) is 9.10. The minimum Gasteiger partial charge on any atom is -0.537 e. The van der Waals surface area contributed by atoms with Crippen molar-refractivity contribution in [3.8, 4) is 5.75 Å². The van der Waals surface area contributed by atoms with Crippen LogP contribution in [0.5, 0.6) is 5.75 Å². The van der Waals surface area contributed by atoms with Gasteiger partial charge >= 0.3 is 7.69 Å². The van der Waals surface area contributed by atoms with E-state index in [0.29, 0.717) is 0 Å². The van der Waals surface area contributed by atoms with Gasteiger partial charge in [-0.2, -0.15) is 0 Å². The number of benzene rings is 1. The Morgan fingerprint density at radius 2 is 2.00 bits per heavy atom. The Morgan fingerprint density at radius 3 is 2.67 bits per heavy atom. The summed E-state index contributed by atoms with van der Waals surface area (Å²) in [5, 5.41) is 8.36. The van der Waals surface area contributed by atoms with E-state index in [-0.39, 0.29) is 13.2 Å². The lowest BCUT2D eigenvalue weighted by molar-refractivity contribution is 0.192. The monoisotopic (exact) mass is 165 g/mol. The van der Waals surface area contributed by atoms with Crippen LogP contribution in [0.25, 0.3) is 0 Å². The fourth-order valence-electron chi connectivity index (χ4n) is 0.689. The standard InChI is InChI=1S/C8H10BO3/c10-6-7-11-9-12-8-4-2-1-3-5-8/h1-5,10H,6-7H2. The van der Waals surface area contributed by atoms with E-state index in [0.717, 1.165) is 5.75 Å². The van der Waals surface area contributed by atoms with Gasteiger partial charge in [0.05, 0.1) is 19.0 Å². The molecule has 0 unspecified atom stereocenters. The number of rotatable bonds is 5. The number of hydrogen-bond donors (Lipinski definition) is 1. The highest BCUT2D eigenvalue weighted by molar-refractivity contribution is 6.19. The first-order valence-corrected chi connectivity index (χ1v) is 3.69. The largest absolute Gasteiger partial charge is 0.572 e. The van der Waals surface area contributed by atoms with Gasteiger partial charge in [-0.25, -0.2) is 0 Å². The van der Waals surface area contributed by atoms with Crippen LogP contribution in [0.2, 0.25) is 0 Å². The van der Waals surface area contributed by atoms with Crippen molar-refractivity contribution >= 4 is 7.69 Å². The summed E-state index contributed by atoms with van der Waals surface area (Å²) in [7, 11) is 1.21. The minimum atomic E-state index is -0.00531. The van der Waals surface area contributed by atoms with Crippen molar-refractivity contribution in [1.29, 1.82) is 0 Å². The van der Waals surface area contributed by atoms with E-state index in [1.54, 1.807) is 0 Å². The second-order valence-corrected chi connectivity index (χ2v) is 2.12. The second-order valence-electron chi connectivity index (χ2n) is 2.12. The van der Waals surface area contributed by atoms with Gasteiger partial charge in [-0.15, -0.1) is 0 Å². The van der Waals surface area contributed by atoms with E-state index in [4.69, 9.17) is 14.4 Å². The third-order valence-electron chi connectivity index (χ3n) is 1.20. The summed E-state index contributed by atoms with van der Waals surface area (Å²) in [5.74, 6) is 0.718. The van der Waals surface area contributed by atoms with E-state index >= 15 is 0 Å². The molecular formula is C8H10BO3. The molecule has 0 heterocycles. The Bertz CT molecular complexity index is 203. The molecule has 0 aromatic heterocycles. The number of para-hydroxylation sites is 1. The van der Waals surface area contributed by atoms with Gasteiger partial charge in [0, 0.05) is 0 Å². The van der Waals surface area contributed by atoms with Crippen LogP contribution in [0, 0.1) is 0 Å². The summed E-state index contributed by atoms with van der Waals surface area (Å²) < 4.78 is 9.84. The zero-order valence-electron chi connectivity index (χ0n) is 6.64. The molecule has 1 aromatic rings. The summed E-state index contributed by atoms with van der Waals surface area (Å²) in [6, 6.07) is 9.28. The summed E-state index contributed by atoms with van der Waals surface area (Å²) in [6.45, 7) is 0.251. The lowest BCUT2D eigenvalue weighted by Crippen LogP contribution is -2.10. The SMILES string of the molecule is OCCO[B]Oc1ccccc1. The Hall–Kier alpha value is -0.995. The molecule has 1 N–H and O–H groups in total. The molecule has 0 aliphatic heterocycles. The van der Waals surface area contributed by atoms with Crippen LogP contribution in [-0.2, 0) is 4.65 Å². The maximum absolute atomic E-state index is 8.36. The molecule has 3 nitrogen and oxygen atoms in total. The third-order valence-corrected chi connectivity index (χ3v) is 1.20. The minimum absolute atomic E-state index is 0.00531. The van der Waals surface area contributed by atoms with Gasteiger partial charge < -0.3 is 14.4 Å². The fourth-order valence-corrected chi connectivity index (χ4v) is 0.689. The first-order valence-electron chi connectivity index (χ1n) is 3.69. The van der Waals surface area contributed by atoms with Crippen LogP contribution in [0.15, 0.2) is 30.3 Å². The van der Waals surface area contributed by atoms with Crippen LogP contribution in [0.4, 0.5) is 0 Å². The third kappa shape index (κ3) is 3.41. The summed E-state index contributed by atoms with van der Waals surface area (Å²) in [6.07, 6.45) is 0. The molecular weight excluding hydrogens is 155 g/mol. The van der Waals surface area contributed by atoms with E-state index < -0.39 is 0 Å². The van der Waals surface area contributed by atoms with Gasteiger partial charge in [0.1, 0.15) is 0 Å². The quantitative estimate of drug-likeness (QED) is 0.513. The van der Waals surface area contributed by atoms with Gasteiger partial charge in [0.15, 0.2) is 0 Å². The zero-order valence-corrected chi connectivity index (χ0v) is 6.64. The summed E-state index contributed by atoms with van der Waals surface area (Å²) >= 11 is 0. The lowest BCUT2D eigenvalue weighted by atomic mass is 10.3.